The van der Waals surface area contributed by atoms with Gasteiger partial charge in [-0.3, -0.25) is 4.90 Å². The van der Waals surface area contributed by atoms with Gasteiger partial charge in [-0.2, -0.15) is 0 Å². The number of rotatable bonds is 8. The van der Waals surface area contributed by atoms with E-state index in [4.69, 9.17) is 9.15 Å². The summed E-state index contributed by atoms with van der Waals surface area (Å²) in [4.78, 5) is 14.1. The van der Waals surface area contributed by atoms with Crippen LogP contribution in [-0.2, 0) is 23.6 Å². The van der Waals surface area contributed by atoms with Gasteiger partial charge in [0.2, 0.25) is 5.76 Å². The number of methoxy groups -OCH3 is 1. The van der Waals surface area contributed by atoms with Gasteiger partial charge in [-0.1, -0.05) is 48.5 Å². The van der Waals surface area contributed by atoms with E-state index in [1.165, 1.54) is 31.9 Å². The van der Waals surface area contributed by atoms with Crippen molar-refractivity contribution in [3.8, 4) is 0 Å². The summed E-state index contributed by atoms with van der Waals surface area (Å²) in [6.07, 6.45) is 3.80. The number of thioether (sulfide) groups is 1. The van der Waals surface area contributed by atoms with Gasteiger partial charge in [-0.25, -0.2) is 4.79 Å². The molecule has 0 saturated carbocycles. The minimum atomic E-state index is -0.470. The molecule has 3 aromatic rings. The quantitative estimate of drug-likeness (QED) is 0.398. The van der Waals surface area contributed by atoms with Gasteiger partial charge in [-0.05, 0) is 43.6 Å². The second-order valence-corrected chi connectivity index (χ2v) is 8.30. The van der Waals surface area contributed by atoms with Crippen LogP contribution in [0.2, 0.25) is 0 Å². The molecule has 0 spiro atoms. The van der Waals surface area contributed by atoms with Crippen LogP contribution in [0.25, 0.3) is 0 Å². The van der Waals surface area contributed by atoms with Crippen LogP contribution >= 0.6 is 11.8 Å². The van der Waals surface area contributed by atoms with Crippen LogP contribution in [0.1, 0.15) is 47.0 Å². The van der Waals surface area contributed by atoms with Crippen molar-refractivity contribution in [1.29, 1.82) is 0 Å². The topological polar surface area (TPSA) is 73.4 Å². The predicted molar refractivity (Wildman–Crippen MR) is 114 cm³/mol. The monoisotopic (exact) mass is 426 g/mol. The van der Waals surface area contributed by atoms with Crippen molar-refractivity contribution < 1.29 is 13.9 Å². The van der Waals surface area contributed by atoms with Crippen molar-refractivity contribution in [3.63, 3.8) is 0 Å². The van der Waals surface area contributed by atoms with E-state index in [0.29, 0.717) is 11.5 Å². The Morgan fingerprint density at radius 1 is 1.07 bits per heavy atom. The number of piperidine rings is 1. The highest BCUT2D eigenvalue weighted by molar-refractivity contribution is 7.98. The maximum atomic E-state index is 11.6. The number of nitrogens with zero attached hydrogens (tertiary/aromatic N) is 4. The molecule has 1 saturated heterocycles. The third-order valence-electron chi connectivity index (χ3n) is 5.18. The summed E-state index contributed by atoms with van der Waals surface area (Å²) in [6.45, 7) is 3.77. The highest BCUT2D eigenvalue weighted by Gasteiger charge is 2.19. The number of aromatic nitrogens is 3. The van der Waals surface area contributed by atoms with E-state index in [0.717, 1.165) is 37.2 Å². The van der Waals surface area contributed by atoms with E-state index in [1.807, 2.05) is 18.2 Å². The summed E-state index contributed by atoms with van der Waals surface area (Å²) < 4.78 is 12.5. The Bertz CT molecular complexity index is 964. The molecule has 1 aliphatic heterocycles. The Morgan fingerprint density at radius 3 is 2.63 bits per heavy atom. The Hall–Kier alpha value is -2.58. The first-order valence-corrected chi connectivity index (χ1v) is 11.2. The summed E-state index contributed by atoms with van der Waals surface area (Å²) in [5.74, 6) is 1.99. The van der Waals surface area contributed by atoms with Crippen molar-refractivity contribution in [2.75, 3.05) is 20.2 Å². The number of carbonyl (C=O) groups excluding carboxylic acids is 1. The van der Waals surface area contributed by atoms with Crippen molar-refractivity contribution in [2.45, 2.75) is 43.3 Å². The largest absolute Gasteiger partial charge is 0.463 e. The molecule has 1 aliphatic rings. The molecule has 2 aromatic heterocycles. The summed E-state index contributed by atoms with van der Waals surface area (Å²) >= 11 is 1.56. The van der Waals surface area contributed by atoms with Gasteiger partial charge in [0.05, 0.1) is 26.0 Å². The molecule has 0 amide bonds. The molecule has 1 fully saturated rings. The van der Waals surface area contributed by atoms with Crippen LogP contribution in [-0.4, -0.2) is 45.8 Å². The second kappa shape index (κ2) is 9.95. The van der Waals surface area contributed by atoms with Crippen LogP contribution < -0.4 is 0 Å². The van der Waals surface area contributed by atoms with Crippen molar-refractivity contribution in [2.24, 2.45) is 0 Å². The smallest absolute Gasteiger partial charge is 0.373 e. The lowest BCUT2D eigenvalue weighted by atomic mass is 10.1. The maximum absolute atomic E-state index is 11.6. The van der Waals surface area contributed by atoms with Crippen LogP contribution in [0.15, 0.2) is 52.0 Å². The van der Waals surface area contributed by atoms with Gasteiger partial charge in [-0.15, -0.1) is 10.2 Å². The average molecular weight is 427 g/mol. The highest BCUT2D eigenvalue weighted by Crippen LogP contribution is 2.25. The number of ether oxygens (including phenoxy) is 1. The zero-order valence-electron chi connectivity index (χ0n) is 17.1. The summed E-state index contributed by atoms with van der Waals surface area (Å²) in [5.41, 5.74) is 1.21. The summed E-state index contributed by atoms with van der Waals surface area (Å²) in [5, 5.41) is 9.83. The van der Waals surface area contributed by atoms with Crippen molar-refractivity contribution >= 4 is 17.7 Å². The number of esters is 1. The fourth-order valence-electron chi connectivity index (χ4n) is 3.59. The first kappa shape index (κ1) is 20.7. The number of carbonyl (C=O) groups is 1. The summed E-state index contributed by atoms with van der Waals surface area (Å²) in [6, 6.07) is 13.8. The Balaban J connectivity index is 1.50. The fraction of sp³-hybridized carbons (Fsp3) is 0.409. The molecule has 0 atom stereocenters. The first-order valence-electron chi connectivity index (χ1n) is 10.2. The van der Waals surface area contributed by atoms with E-state index in [-0.39, 0.29) is 5.76 Å². The normalized spacial score (nSPS) is 14.7. The van der Waals surface area contributed by atoms with Crippen LogP contribution in [0.4, 0.5) is 0 Å². The molecule has 30 heavy (non-hydrogen) atoms. The molecule has 0 radical (unpaired) electrons. The van der Waals surface area contributed by atoms with Gasteiger partial charge in [0.1, 0.15) is 11.6 Å². The van der Waals surface area contributed by atoms with Crippen LogP contribution in [0, 0.1) is 0 Å². The van der Waals surface area contributed by atoms with Gasteiger partial charge < -0.3 is 13.7 Å². The molecule has 7 nitrogen and oxygen atoms in total. The third kappa shape index (κ3) is 5.12. The number of likely N-dealkylation sites (tertiary alicyclic amines) is 1. The average Bonchev–Trinajstić information content (AvgIpc) is 3.41. The molecular weight excluding hydrogens is 400 g/mol. The lowest BCUT2D eigenvalue weighted by molar-refractivity contribution is 0.0563. The number of benzene rings is 1. The van der Waals surface area contributed by atoms with Gasteiger partial charge in [0.25, 0.3) is 0 Å². The molecule has 0 aliphatic carbocycles. The van der Waals surface area contributed by atoms with E-state index in [2.05, 4.69) is 31.8 Å². The Kier molecular flexibility index (Phi) is 6.86. The van der Waals surface area contributed by atoms with Crippen molar-refractivity contribution in [3.05, 3.63) is 65.4 Å². The molecule has 158 valence electrons. The Labute approximate surface area is 180 Å². The molecule has 4 rings (SSSR count). The van der Waals surface area contributed by atoms with Gasteiger partial charge >= 0.3 is 5.97 Å². The molecule has 8 heteroatoms. The van der Waals surface area contributed by atoms with Crippen LogP contribution in [0.3, 0.4) is 0 Å². The molecule has 3 heterocycles. The third-order valence-corrected chi connectivity index (χ3v) is 6.17. The van der Waals surface area contributed by atoms with E-state index in [9.17, 15) is 4.79 Å². The number of hydrogen-bond donors (Lipinski definition) is 0. The molecule has 0 bridgehead atoms. The van der Waals surface area contributed by atoms with E-state index < -0.39 is 5.97 Å². The van der Waals surface area contributed by atoms with E-state index >= 15 is 0 Å². The first-order chi connectivity index (χ1) is 14.7. The van der Waals surface area contributed by atoms with Gasteiger partial charge in [0.15, 0.2) is 5.16 Å². The number of hydrogen-bond acceptors (Lipinski definition) is 7. The molecular formula is C22H26N4O3S. The minimum Gasteiger partial charge on any atom is -0.463 e. The zero-order chi connectivity index (χ0) is 20.8. The maximum Gasteiger partial charge on any atom is 0.373 e. The number of furan rings is 1. The molecule has 0 unspecified atom stereocenters. The predicted octanol–water partition coefficient (Wildman–Crippen LogP) is 3.98. The lowest BCUT2D eigenvalue weighted by Crippen LogP contribution is -2.30. The SMILES string of the molecule is COC(=O)c1ccc(CSc2nnc(CN3CCCCC3)n2Cc2ccccc2)o1. The standard InChI is InChI=1S/C22H26N4O3S/c1-28-21(27)19-11-10-18(29-19)16-30-22-24-23-20(15-25-12-6-3-7-13-25)26(22)14-17-8-4-2-5-9-17/h2,4-5,8-11H,3,6-7,12-16H2,1H3. The second-order valence-electron chi connectivity index (χ2n) is 7.35. The zero-order valence-corrected chi connectivity index (χ0v) is 17.9. The molecule has 0 N–H and O–H groups in total. The fourth-order valence-corrected chi connectivity index (χ4v) is 4.44. The van der Waals surface area contributed by atoms with Crippen LogP contribution in [0.5, 0.6) is 0 Å². The Morgan fingerprint density at radius 2 is 1.87 bits per heavy atom. The van der Waals surface area contributed by atoms with Gasteiger partial charge in [0, 0.05) is 0 Å². The van der Waals surface area contributed by atoms with E-state index in [1.54, 1.807) is 23.9 Å². The van der Waals surface area contributed by atoms with Crippen molar-refractivity contribution in [1.82, 2.24) is 19.7 Å². The molecule has 1 aromatic carbocycles. The lowest BCUT2D eigenvalue weighted by Gasteiger charge is -2.26. The minimum absolute atomic E-state index is 0.213. The summed E-state index contributed by atoms with van der Waals surface area (Å²) in [7, 11) is 1.34. The highest BCUT2D eigenvalue weighted by atomic mass is 32.2.